The molecule has 27 heavy (non-hydrogen) atoms. The minimum Gasteiger partial charge on any atom is -0.379 e. The Bertz CT molecular complexity index is 779. The van der Waals surface area contributed by atoms with Crippen LogP contribution >= 0.6 is 23.5 Å². The largest absolute Gasteiger partial charge is 0.406 e. The molecule has 2 aromatic rings. The maximum absolute atomic E-state index is 14.0. The zero-order valence-electron chi connectivity index (χ0n) is 14.2. The number of nitrogens with two attached hydrogens (primary N) is 1. The average molecular weight is 422 g/mol. The molecule has 0 aliphatic rings. The molecule has 4 N–H and O–H groups in total. The van der Waals surface area contributed by atoms with E-state index in [2.05, 4.69) is 10.3 Å². The fourth-order valence-electron chi connectivity index (χ4n) is 2.34. The monoisotopic (exact) mass is 422 g/mol. The number of nitrogens with zero attached hydrogens (tertiary/aromatic N) is 2. The molecule has 0 aliphatic heterocycles. The number of rotatable bonds is 9. The molecule has 7 nitrogen and oxygen atoms in total. The summed E-state index contributed by atoms with van der Waals surface area (Å²) in [5.41, 5.74) is 5.47. The van der Waals surface area contributed by atoms with Crippen LogP contribution in [0.15, 0.2) is 36.4 Å². The summed E-state index contributed by atoms with van der Waals surface area (Å²) >= 11 is 1.45. The molecular formula is C15H17F3N4O3S2. The summed E-state index contributed by atoms with van der Waals surface area (Å²) in [7, 11) is 2.80. The predicted molar refractivity (Wildman–Crippen MR) is 98.3 cm³/mol. The summed E-state index contributed by atoms with van der Waals surface area (Å²) in [6.07, 6.45) is -4.17. The molecule has 148 valence electrons. The fraction of sp³-hybridized carbons (Fsp3) is 0.267. The summed E-state index contributed by atoms with van der Waals surface area (Å²) in [5.74, 6) is -0.715. The van der Waals surface area contributed by atoms with Gasteiger partial charge in [0.1, 0.15) is 16.0 Å². The molecule has 0 spiro atoms. The third kappa shape index (κ3) is 4.84. The van der Waals surface area contributed by atoms with Crippen LogP contribution in [-0.2, 0) is 4.94 Å². The van der Waals surface area contributed by atoms with Crippen molar-refractivity contribution in [2.75, 3.05) is 23.9 Å². The second-order valence-electron chi connectivity index (χ2n) is 5.29. The van der Waals surface area contributed by atoms with E-state index >= 15 is 0 Å². The van der Waals surface area contributed by atoms with Crippen molar-refractivity contribution in [3.8, 4) is 0 Å². The van der Waals surface area contributed by atoms with E-state index in [-0.39, 0.29) is 16.1 Å². The molecule has 2 rings (SSSR count). The SMILES string of the molecule is CNc1sc(N(O)SN(C)C(c2ccccc2)C(F)(F)OF)cc1C(N)=O. The molecule has 1 amide bonds. The second-order valence-corrected chi connectivity index (χ2v) is 7.41. The van der Waals surface area contributed by atoms with E-state index in [4.69, 9.17) is 5.73 Å². The number of alkyl halides is 2. The van der Waals surface area contributed by atoms with Crippen molar-refractivity contribution in [1.82, 2.24) is 4.31 Å². The Hall–Kier alpha value is -1.99. The number of primary amides is 1. The molecule has 1 atom stereocenters. The number of benzene rings is 1. The Morgan fingerprint density at radius 3 is 2.52 bits per heavy atom. The van der Waals surface area contributed by atoms with Gasteiger partial charge >= 0.3 is 6.11 Å². The van der Waals surface area contributed by atoms with Gasteiger partial charge in [-0.3, -0.25) is 10.0 Å². The number of carbonyl (C=O) groups excluding carboxylic acids is 1. The summed E-state index contributed by atoms with van der Waals surface area (Å²) in [6.45, 7) is 0. The molecule has 0 saturated carbocycles. The van der Waals surface area contributed by atoms with Crippen LogP contribution in [0.4, 0.5) is 23.3 Å². The van der Waals surface area contributed by atoms with E-state index in [1.807, 2.05) is 0 Å². The van der Waals surface area contributed by atoms with Gasteiger partial charge in [0, 0.05) is 14.1 Å². The van der Waals surface area contributed by atoms with Crippen LogP contribution in [0.1, 0.15) is 22.0 Å². The zero-order chi connectivity index (χ0) is 20.2. The number of thiophene rings is 1. The van der Waals surface area contributed by atoms with E-state index in [1.54, 1.807) is 13.1 Å². The van der Waals surface area contributed by atoms with Crippen LogP contribution in [0.3, 0.4) is 0 Å². The van der Waals surface area contributed by atoms with E-state index in [9.17, 15) is 23.3 Å². The van der Waals surface area contributed by atoms with Crippen molar-refractivity contribution in [2.24, 2.45) is 5.73 Å². The maximum Gasteiger partial charge on any atom is 0.406 e. The van der Waals surface area contributed by atoms with Crippen molar-refractivity contribution in [1.29, 1.82) is 0 Å². The predicted octanol–water partition coefficient (Wildman–Crippen LogP) is 3.81. The second kappa shape index (κ2) is 8.80. The van der Waals surface area contributed by atoms with E-state index in [1.165, 1.54) is 37.4 Å². The van der Waals surface area contributed by atoms with Gasteiger partial charge in [-0.05, 0) is 16.2 Å². The minimum atomic E-state index is -4.17. The Balaban J connectivity index is 2.27. The summed E-state index contributed by atoms with van der Waals surface area (Å²) in [6, 6.07) is 6.88. The van der Waals surface area contributed by atoms with Crippen molar-refractivity contribution >= 4 is 39.4 Å². The summed E-state index contributed by atoms with van der Waals surface area (Å²) in [5, 5.41) is 13.6. The smallest absolute Gasteiger partial charge is 0.379 e. The molecule has 0 radical (unpaired) electrons. The summed E-state index contributed by atoms with van der Waals surface area (Å²) in [4.78, 5) is 14.3. The Morgan fingerprint density at radius 1 is 1.41 bits per heavy atom. The third-order valence-corrected chi connectivity index (χ3v) is 5.57. The molecule has 0 aliphatic carbocycles. The van der Waals surface area contributed by atoms with Gasteiger partial charge in [0.05, 0.1) is 17.7 Å². The van der Waals surface area contributed by atoms with Crippen LogP contribution in [0.25, 0.3) is 0 Å². The molecule has 0 fully saturated rings. The number of amides is 1. The normalized spacial score (nSPS) is 12.9. The number of likely N-dealkylation sites (N-methyl/N-ethyl adjacent to an activating group) is 1. The van der Waals surface area contributed by atoms with Crippen LogP contribution in [0.2, 0.25) is 0 Å². The van der Waals surface area contributed by atoms with Gasteiger partial charge in [-0.15, -0.1) is 4.94 Å². The number of anilines is 2. The quantitative estimate of drug-likeness (QED) is 0.418. The molecule has 0 bridgehead atoms. The number of hydrogen-bond donors (Lipinski definition) is 3. The lowest BCUT2D eigenvalue weighted by Crippen LogP contribution is -2.37. The molecule has 1 heterocycles. The first kappa shape index (κ1) is 21.3. The standard InChI is InChI=1S/C15H17F3N4O3S2/c1-20-14-10(13(19)23)8-11(26-14)22(24)27-21(2)12(15(16,17)25-18)9-6-4-3-5-7-9/h3-8,12,20,24H,1-2H3,(H2,19,23). The number of carbonyl (C=O) groups is 1. The van der Waals surface area contributed by atoms with Crippen LogP contribution in [0, 0.1) is 0 Å². The lowest BCUT2D eigenvalue weighted by Gasteiger charge is -2.32. The molecule has 0 saturated heterocycles. The highest BCUT2D eigenvalue weighted by atomic mass is 32.2. The van der Waals surface area contributed by atoms with Gasteiger partial charge in [0.25, 0.3) is 5.91 Å². The van der Waals surface area contributed by atoms with E-state index in [0.717, 1.165) is 15.6 Å². The molecule has 1 aromatic heterocycles. The summed E-state index contributed by atoms with van der Waals surface area (Å²) < 4.78 is 42.0. The number of nitrogens with one attached hydrogen (secondary N) is 1. The third-order valence-electron chi connectivity index (χ3n) is 3.51. The maximum atomic E-state index is 14.0. The molecule has 1 aromatic carbocycles. The van der Waals surface area contributed by atoms with Gasteiger partial charge in [0.15, 0.2) is 0 Å². The van der Waals surface area contributed by atoms with Crippen LogP contribution in [0.5, 0.6) is 0 Å². The topological polar surface area (TPSA) is 91.1 Å². The fourth-order valence-corrected chi connectivity index (χ4v) is 4.11. The number of halogens is 3. The van der Waals surface area contributed by atoms with E-state index in [0.29, 0.717) is 21.6 Å². The lowest BCUT2D eigenvalue weighted by atomic mass is 10.1. The molecular weight excluding hydrogens is 405 g/mol. The van der Waals surface area contributed by atoms with Gasteiger partial charge < -0.3 is 11.1 Å². The first-order valence-corrected chi connectivity index (χ1v) is 8.99. The zero-order valence-corrected chi connectivity index (χ0v) is 15.9. The average Bonchev–Trinajstić information content (AvgIpc) is 3.07. The minimum absolute atomic E-state index is 0.0727. The van der Waals surface area contributed by atoms with Gasteiger partial charge in [0.2, 0.25) is 0 Å². The van der Waals surface area contributed by atoms with Crippen molar-refractivity contribution in [2.45, 2.75) is 12.2 Å². The Kier molecular flexibility index (Phi) is 6.95. The first-order chi connectivity index (χ1) is 12.7. The molecule has 1 unspecified atom stereocenters. The van der Waals surface area contributed by atoms with Crippen molar-refractivity contribution < 1.29 is 28.3 Å². The van der Waals surface area contributed by atoms with Crippen molar-refractivity contribution in [3.63, 3.8) is 0 Å². The highest BCUT2D eigenvalue weighted by Gasteiger charge is 2.47. The van der Waals surface area contributed by atoms with Crippen LogP contribution < -0.4 is 15.5 Å². The van der Waals surface area contributed by atoms with Gasteiger partial charge in [-0.2, -0.15) is 13.2 Å². The van der Waals surface area contributed by atoms with Gasteiger partial charge in [-0.1, -0.05) is 41.7 Å². The number of hydrogen-bond acceptors (Lipinski definition) is 8. The van der Waals surface area contributed by atoms with E-state index < -0.39 is 18.1 Å². The van der Waals surface area contributed by atoms with Crippen LogP contribution in [-0.4, -0.2) is 35.6 Å². The van der Waals surface area contributed by atoms with Crippen molar-refractivity contribution in [3.05, 3.63) is 47.5 Å². The highest BCUT2D eigenvalue weighted by molar-refractivity contribution is 7.98. The highest BCUT2D eigenvalue weighted by Crippen LogP contribution is 2.43. The Morgan fingerprint density at radius 2 is 2.04 bits per heavy atom. The first-order valence-electron chi connectivity index (χ1n) is 7.45. The lowest BCUT2D eigenvalue weighted by molar-refractivity contribution is -0.372. The van der Waals surface area contributed by atoms with Gasteiger partial charge in [-0.25, -0.2) is 4.31 Å². The molecule has 12 heteroatoms. The Labute approximate surface area is 161 Å².